The summed E-state index contributed by atoms with van der Waals surface area (Å²) in [6.45, 7) is 7.48. The number of nitriles is 1. The van der Waals surface area contributed by atoms with Crippen LogP contribution in [0.15, 0.2) is 36.4 Å². The Morgan fingerprint density at radius 2 is 1.86 bits per heavy atom. The van der Waals surface area contributed by atoms with Crippen molar-refractivity contribution in [3.8, 4) is 17.3 Å². The number of aromatic nitrogens is 3. The molecule has 0 atom stereocenters. The van der Waals surface area contributed by atoms with Crippen molar-refractivity contribution < 1.29 is 9.18 Å². The fourth-order valence-electron chi connectivity index (χ4n) is 7.06. The van der Waals surface area contributed by atoms with Crippen LogP contribution in [0.5, 0.6) is 0 Å². The number of likely N-dealkylation sites (tertiary alicyclic amines) is 2. The SMILES string of the molecule is Cc1cc(N2CC3(CN(C(=O)C4CN(C)C4)C3)C2)cc2c(N(C)c3nc(-c4ccc(F)cc4)c(C#N)s3)c(C3CC3)nn12. The molecule has 4 aromatic rings. The van der Waals surface area contributed by atoms with Crippen molar-refractivity contribution in [2.75, 3.05) is 63.2 Å². The lowest BCUT2D eigenvalue weighted by Gasteiger charge is -2.61. The number of pyridine rings is 1. The van der Waals surface area contributed by atoms with Crippen molar-refractivity contribution in [2.24, 2.45) is 11.3 Å². The van der Waals surface area contributed by atoms with Crippen LogP contribution in [0.2, 0.25) is 0 Å². The first-order valence-corrected chi connectivity index (χ1v) is 15.7. The molecule has 43 heavy (non-hydrogen) atoms. The number of halogens is 1. The third kappa shape index (κ3) is 4.30. The average Bonchev–Trinajstić information content (AvgIpc) is 3.56. The van der Waals surface area contributed by atoms with Gasteiger partial charge in [-0.1, -0.05) is 11.3 Å². The Kier molecular flexibility index (Phi) is 5.87. The number of hydrogen-bond donors (Lipinski definition) is 0. The van der Waals surface area contributed by atoms with Crippen LogP contribution >= 0.6 is 11.3 Å². The van der Waals surface area contributed by atoms with E-state index < -0.39 is 0 Å². The van der Waals surface area contributed by atoms with Crippen LogP contribution in [0.25, 0.3) is 16.8 Å². The van der Waals surface area contributed by atoms with Crippen molar-refractivity contribution in [3.05, 3.63) is 58.5 Å². The van der Waals surface area contributed by atoms with Gasteiger partial charge in [0.25, 0.3) is 0 Å². The number of benzene rings is 1. The lowest BCUT2D eigenvalue weighted by atomic mass is 9.72. The quantitative estimate of drug-likeness (QED) is 0.321. The molecule has 3 aliphatic heterocycles. The Hall–Kier alpha value is -4.01. The van der Waals surface area contributed by atoms with E-state index in [2.05, 4.69) is 51.8 Å². The van der Waals surface area contributed by atoms with E-state index in [1.54, 1.807) is 12.1 Å². The predicted molar refractivity (Wildman–Crippen MR) is 164 cm³/mol. The minimum absolute atomic E-state index is 0.176. The predicted octanol–water partition coefficient (Wildman–Crippen LogP) is 4.63. The topological polar surface area (TPSA) is 84.0 Å². The van der Waals surface area contributed by atoms with E-state index >= 15 is 0 Å². The summed E-state index contributed by atoms with van der Waals surface area (Å²) in [4.78, 5) is 26.9. The van der Waals surface area contributed by atoms with Gasteiger partial charge in [0.2, 0.25) is 5.91 Å². The summed E-state index contributed by atoms with van der Waals surface area (Å²) in [7, 11) is 4.06. The van der Waals surface area contributed by atoms with E-state index in [9.17, 15) is 14.4 Å². The first-order valence-electron chi connectivity index (χ1n) is 14.9. The summed E-state index contributed by atoms with van der Waals surface area (Å²) in [6, 6.07) is 12.9. The molecule has 3 aromatic heterocycles. The van der Waals surface area contributed by atoms with Crippen LogP contribution in [0.1, 0.15) is 35.0 Å². The third-order valence-corrected chi connectivity index (χ3v) is 10.5. The molecule has 9 nitrogen and oxygen atoms in total. The summed E-state index contributed by atoms with van der Waals surface area (Å²) in [5.41, 5.74) is 6.84. The highest BCUT2D eigenvalue weighted by atomic mass is 32.1. The molecule has 11 heteroatoms. The molecular weight excluding hydrogens is 563 g/mol. The van der Waals surface area contributed by atoms with Crippen LogP contribution < -0.4 is 9.80 Å². The maximum Gasteiger partial charge on any atom is 0.228 e. The number of amides is 1. The van der Waals surface area contributed by atoms with E-state index in [0.717, 1.165) is 80.3 Å². The van der Waals surface area contributed by atoms with Gasteiger partial charge < -0.3 is 19.6 Å². The molecule has 0 N–H and O–H groups in total. The van der Waals surface area contributed by atoms with Crippen molar-refractivity contribution in [1.82, 2.24) is 24.4 Å². The van der Waals surface area contributed by atoms with Gasteiger partial charge >= 0.3 is 0 Å². The van der Waals surface area contributed by atoms with E-state index in [1.165, 1.54) is 29.2 Å². The fraction of sp³-hybridized carbons (Fsp3) is 0.438. The Bertz CT molecular complexity index is 1800. The summed E-state index contributed by atoms with van der Waals surface area (Å²) < 4.78 is 15.6. The Labute approximate surface area is 253 Å². The molecule has 1 amide bonds. The second-order valence-electron chi connectivity index (χ2n) is 13.0. The molecule has 8 rings (SSSR count). The number of anilines is 3. The molecular formula is C32H33FN8OS. The number of hydrogen-bond acceptors (Lipinski definition) is 8. The Morgan fingerprint density at radius 3 is 2.51 bits per heavy atom. The molecule has 0 unspecified atom stereocenters. The van der Waals surface area contributed by atoms with Crippen LogP contribution in [0, 0.1) is 35.4 Å². The van der Waals surface area contributed by atoms with Gasteiger partial charge in [-0.05, 0) is 63.2 Å². The summed E-state index contributed by atoms with van der Waals surface area (Å²) in [5, 5.41) is 15.7. The Balaban J connectivity index is 1.08. The summed E-state index contributed by atoms with van der Waals surface area (Å²) >= 11 is 1.34. The first kappa shape index (κ1) is 26.6. The minimum atomic E-state index is -0.320. The average molecular weight is 597 g/mol. The van der Waals surface area contributed by atoms with Gasteiger partial charge in [-0.25, -0.2) is 13.9 Å². The number of carbonyl (C=O) groups is 1. The lowest BCUT2D eigenvalue weighted by Crippen LogP contribution is -2.74. The number of fused-ring (bicyclic) bond motifs is 1. The third-order valence-electron chi connectivity index (χ3n) is 9.51. The monoisotopic (exact) mass is 596 g/mol. The van der Waals surface area contributed by atoms with Gasteiger partial charge in [-0.15, -0.1) is 0 Å². The van der Waals surface area contributed by atoms with Crippen LogP contribution in [-0.2, 0) is 4.79 Å². The lowest BCUT2D eigenvalue weighted by molar-refractivity contribution is -0.154. The molecule has 1 aromatic carbocycles. The van der Waals surface area contributed by atoms with Gasteiger partial charge in [-0.2, -0.15) is 10.4 Å². The Morgan fingerprint density at radius 1 is 1.14 bits per heavy atom. The standard InChI is InChI=1S/C32H33FN8OS/c1-19-10-24(39-15-32(16-39)17-40(18-32)30(42)22-13-37(2)14-22)11-25-29(28(21-4-5-21)36-41(19)25)38(3)31-35-27(26(12-34)43-31)20-6-8-23(33)9-7-20/h6-11,21-22H,4-5,13-18H2,1-3H3. The van der Waals surface area contributed by atoms with Crippen molar-refractivity contribution in [1.29, 1.82) is 5.26 Å². The number of aryl methyl sites for hydroxylation is 1. The van der Waals surface area contributed by atoms with E-state index in [0.29, 0.717) is 27.5 Å². The zero-order chi connectivity index (χ0) is 29.6. The van der Waals surface area contributed by atoms with Crippen LogP contribution in [0.3, 0.4) is 0 Å². The van der Waals surface area contributed by atoms with Gasteiger partial charge in [0, 0.05) is 74.6 Å². The first-order chi connectivity index (χ1) is 20.7. The van der Waals surface area contributed by atoms with E-state index in [4.69, 9.17) is 10.1 Å². The minimum Gasteiger partial charge on any atom is -0.370 e. The molecule has 4 aliphatic rings. The van der Waals surface area contributed by atoms with Crippen molar-refractivity contribution >= 4 is 39.3 Å². The molecule has 220 valence electrons. The zero-order valence-electron chi connectivity index (χ0n) is 24.5. The fourth-order valence-corrected chi connectivity index (χ4v) is 7.91. The maximum absolute atomic E-state index is 13.6. The second kappa shape index (κ2) is 9.49. The normalized spacial score (nSPS) is 19.7. The van der Waals surface area contributed by atoms with Crippen molar-refractivity contribution in [2.45, 2.75) is 25.7 Å². The summed E-state index contributed by atoms with van der Waals surface area (Å²) in [6.07, 6.45) is 2.22. The number of thiazole rings is 1. The number of nitrogens with zero attached hydrogens (tertiary/aromatic N) is 8. The summed E-state index contributed by atoms with van der Waals surface area (Å²) in [5.74, 6) is 0.589. The second-order valence-corrected chi connectivity index (χ2v) is 14.0. The van der Waals surface area contributed by atoms with E-state index in [-0.39, 0.29) is 17.2 Å². The molecule has 0 bridgehead atoms. The smallest absolute Gasteiger partial charge is 0.228 e. The number of carbonyl (C=O) groups excluding carboxylic acids is 1. The highest BCUT2D eigenvalue weighted by Crippen LogP contribution is 2.49. The highest BCUT2D eigenvalue weighted by molar-refractivity contribution is 7.16. The molecule has 1 spiro atoms. The van der Waals surface area contributed by atoms with Gasteiger partial charge in [-0.3, -0.25) is 4.79 Å². The molecule has 1 saturated carbocycles. The number of rotatable bonds is 6. The van der Waals surface area contributed by atoms with Gasteiger partial charge in [0.15, 0.2) is 5.13 Å². The van der Waals surface area contributed by atoms with Crippen molar-refractivity contribution in [3.63, 3.8) is 0 Å². The van der Waals surface area contributed by atoms with Gasteiger partial charge in [0.05, 0.1) is 22.8 Å². The largest absolute Gasteiger partial charge is 0.370 e. The van der Waals surface area contributed by atoms with Crippen LogP contribution in [0.4, 0.5) is 20.9 Å². The zero-order valence-corrected chi connectivity index (χ0v) is 25.4. The van der Waals surface area contributed by atoms with Crippen LogP contribution in [-0.4, -0.2) is 83.7 Å². The van der Waals surface area contributed by atoms with Gasteiger partial charge in [0.1, 0.15) is 22.5 Å². The molecule has 1 aliphatic carbocycles. The molecule has 3 saturated heterocycles. The molecule has 0 radical (unpaired) electrons. The molecule has 6 heterocycles. The molecule has 4 fully saturated rings. The van der Waals surface area contributed by atoms with E-state index in [1.807, 2.05) is 11.6 Å². The maximum atomic E-state index is 13.6. The highest BCUT2D eigenvalue weighted by Gasteiger charge is 2.54.